The first-order valence-electron chi connectivity index (χ1n) is 7.03. The van der Waals surface area contributed by atoms with Crippen LogP contribution in [0.5, 0.6) is 0 Å². The number of aliphatic carboxylic acids is 1. The summed E-state index contributed by atoms with van der Waals surface area (Å²) in [6.07, 6.45) is 6.91. The van der Waals surface area contributed by atoms with E-state index in [2.05, 4.69) is 12.2 Å². The van der Waals surface area contributed by atoms with Crippen molar-refractivity contribution in [2.24, 2.45) is 5.41 Å². The fourth-order valence-electron chi connectivity index (χ4n) is 2.62. The van der Waals surface area contributed by atoms with Crippen LogP contribution in [0.1, 0.15) is 65.2 Å². The zero-order valence-electron chi connectivity index (χ0n) is 11.5. The van der Waals surface area contributed by atoms with Gasteiger partial charge in [-0.3, -0.25) is 9.59 Å². The lowest BCUT2D eigenvalue weighted by atomic mass is 9.71. The van der Waals surface area contributed by atoms with Gasteiger partial charge in [-0.05, 0) is 26.2 Å². The molecule has 1 amide bonds. The zero-order valence-corrected chi connectivity index (χ0v) is 11.5. The van der Waals surface area contributed by atoms with Crippen molar-refractivity contribution < 1.29 is 14.7 Å². The summed E-state index contributed by atoms with van der Waals surface area (Å²) in [7, 11) is 0. The second kappa shape index (κ2) is 6.76. The van der Waals surface area contributed by atoms with Crippen molar-refractivity contribution in [1.82, 2.24) is 5.32 Å². The number of nitrogens with one attached hydrogen (secondary N) is 1. The van der Waals surface area contributed by atoms with E-state index in [9.17, 15) is 14.7 Å². The Labute approximate surface area is 109 Å². The van der Waals surface area contributed by atoms with Gasteiger partial charge in [0.15, 0.2) is 0 Å². The second-order valence-corrected chi connectivity index (χ2v) is 5.55. The molecule has 2 N–H and O–H groups in total. The maximum atomic E-state index is 11.8. The van der Waals surface area contributed by atoms with E-state index in [4.69, 9.17) is 0 Å². The lowest BCUT2D eigenvalue weighted by Gasteiger charge is -2.38. The molecular formula is C14H25NO3. The van der Waals surface area contributed by atoms with E-state index in [1.807, 2.05) is 0 Å². The number of carbonyl (C=O) groups excluding carboxylic acids is 1. The Hall–Kier alpha value is -1.06. The Kier molecular flexibility index (Phi) is 5.63. The number of hydrogen-bond donors (Lipinski definition) is 2. The van der Waals surface area contributed by atoms with Crippen LogP contribution in [0.3, 0.4) is 0 Å². The molecule has 1 aliphatic carbocycles. The van der Waals surface area contributed by atoms with Crippen LogP contribution in [0.2, 0.25) is 0 Å². The van der Waals surface area contributed by atoms with Gasteiger partial charge >= 0.3 is 5.97 Å². The summed E-state index contributed by atoms with van der Waals surface area (Å²) in [6.45, 7) is 3.85. The van der Waals surface area contributed by atoms with E-state index in [1.54, 1.807) is 6.92 Å². The van der Waals surface area contributed by atoms with Gasteiger partial charge in [-0.25, -0.2) is 0 Å². The van der Waals surface area contributed by atoms with Crippen molar-refractivity contribution in [3.05, 3.63) is 0 Å². The van der Waals surface area contributed by atoms with Gasteiger partial charge in [-0.15, -0.1) is 0 Å². The predicted octanol–water partition coefficient (Wildman–Crippen LogP) is 2.72. The van der Waals surface area contributed by atoms with Crippen molar-refractivity contribution in [3.63, 3.8) is 0 Å². The van der Waals surface area contributed by atoms with Gasteiger partial charge in [0.05, 0.1) is 5.41 Å². The van der Waals surface area contributed by atoms with Gasteiger partial charge in [-0.1, -0.05) is 32.6 Å². The third-order valence-electron chi connectivity index (χ3n) is 4.04. The molecule has 0 aromatic heterocycles. The van der Waals surface area contributed by atoms with E-state index in [-0.39, 0.29) is 11.9 Å². The first-order chi connectivity index (χ1) is 8.50. The molecule has 4 nitrogen and oxygen atoms in total. The maximum Gasteiger partial charge on any atom is 0.311 e. The number of amides is 1. The molecule has 1 fully saturated rings. The quantitative estimate of drug-likeness (QED) is 0.717. The molecule has 0 aromatic carbocycles. The van der Waals surface area contributed by atoms with Crippen LogP contribution in [-0.2, 0) is 9.59 Å². The lowest BCUT2D eigenvalue weighted by molar-refractivity contribution is -0.152. The van der Waals surface area contributed by atoms with Gasteiger partial charge in [-0.2, -0.15) is 0 Å². The van der Waals surface area contributed by atoms with E-state index >= 15 is 0 Å². The van der Waals surface area contributed by atoms with Crippen LogP contribution in [0.4, 0.5) is 0 Å². The molecule has 4 heteroatoms. The molecule has 2 atom stereocenters. The van der Waals surface area contributed by atoms with E-state index in [0.29, 0.717) is 12.8 Å². The van der Waals surface area contributed by atoms with Gasteiger partial charge < -0.3 is 10.4 Å². The fourth-order valence-corrected chi connectivity index (χ4v) is 2.62. The summed E-state index contributed by atoms with van der Waals surface area (Å²) in [4.78, 5) is 23.2. The molecule has 2 unspecified atom stereocenters. The number of hydrogen-bond acceptors (Lipinski definition) is 2. The van der Waals surface area contributed by atoms with Crippen molar-refractivity contribution in [2.45, 2.75) is 71.3 Å². The van der Waals surface area contributed by atoms with E-state index in [1.165, 1.54) is 0 Å². The van der Waals surface area contributed by atoms with Gasteiger partial charge in [0.1, 0.15) is 0 Å². The second-order valence-electron chi connectivity index (χ2n) is 5.55. The Morgan fingerprint density at radius 2 is 2.06 bits per heavy atom. The van der Waals surface area contributed by atoms with Gasteiger partial charge in [0, 0.05) is 12.5 Å². The maximum absolute atomic E-state index is 11.8. The Morgan fingerprint density at radius 3 is 2.67 bits per heavy atom. The number of unbranched alkanes of at least 4 members (excludes halogenated alkanes) is 2. The third kappa shape index (κ3) is 3.72. The van der Waals surface area contributed by atoms with Gasteiger partial charge in [0.25, 0.3) is 0 Å². The number of carboxylic acid groups (broad SMARTS) is 1. The molecule has 0 aliphatic heterocycles. The average Bonchev–Trinajstić information content (AvgIpc) is 2.32. The Balaban J connectivity index is 2.52. The molecule has 1 saturated carbocycles. The minimum Gasteiger partial charge on any atom is -0.481 e. The van der Waals surface area contributed by atoms with Crippen molar-refractivity contribution in [1.29, 1.82) is 0 Å². The predicted molar refractivity (Wildman–Crippen MR) is 70.3 cm³/mol. The molecule has 1 rings (SSSR count). The summed E-state index contributed by atoms with van der Waals surface area (Å²) < 4.78 is 0. The van der Waals surface area contributed by atoms with Crippen molar-refractivity contribution in [3.8, 4) is 0 Å². The topological polar surface area (TPSA) is 66.4 Å². The zero-order chi connectivity index (χ0) is 13.6. The highest BCUT2D eigenvalue weighted by Crippen LogP contribution is 2.36. The van der Waals surface area contributed by atoms with Crippen LogP contribution < -0.4 is 5.32 Å². The minimum atomic E-state index is -0.793. The highest BCUT2D eigenvalue weighted by molar-refractivity contribution is 5.79. The monoisotopic (exact) mass is 255 g/mol. The Bertz CT molecular complexity index is 303. The SMILES string of the molecule is CCCCCC(=O)NC1CCCCC1(C)C(=O)O. The summed E-state index contributed by atoms with van der Waals surface area (Å²) >= 11 is 0. The third-order valence-corrected chi connectivity index (χ3v) is 4.04. The first kappa shape index (κ1) is 15.0. The molecule has 0 heterocycles. The summed E-state index contributed by atoms with van der Waals surface area (Å²) in [5, 5.41) is 12.3. The molecule has 0 spiro atoms. The number of carboxylic acids is 1. The van der Waals surface area contributed by atoms with Crippen LogP contribution in [0.15, 0.2) is 0 Å². The van der Waals surface area contributed by atoms with Crippen molar-refractivity contribution >= 4 is 11.9 Å². The normalized spacial score (nSPS) is 27.8. The van der Waals surface area contributed by atoms with Gasteiger partial charge in [0.2, 0.25) is 5.91 Å². The van der Waals surface area contributed by atoms with Crippen LogP contribution in [0.25, 0.3) is 0 Å². The Morgan fingerprint density at radius 1 is 1.33 bits per heavy atom. The van der Waals surface area contributed by atoms with Crippen molar-refractivity contribution in [2.75, 3.05) is 0 Å². The lowest BCUT2D eigenvalue weighted by Crippen LogP contribution is -2.52. The van der Waals surface area contributed by atoms with Crippen LogP contribution >= 0.6 is 0 Å². The largest absolute Gasteiger partial charge is 0.481 e. The first-order valence-corrected chi connectivity index (χ1v) is 7.03. The highest BCUT2D eigenvalue weighted by Gasteiger charge is 2.43. The average molecular weight is 255 g/mol. The molecule has 104 valence electrons. The molecular weight excluding hydrogens is 230 g/mol. The fraction of sp³-hybridized carbons (Fsp3) is 0.857. The molecule has 0 radical (unpaired) electrons. The molecule has 0 saturated heterocycles. The summed E-state index contributed by atoms with van der Waals surface area (Å²) in [5.41, 5.74) is -0.793. The van der Waals surface area contributed by atoms with Crippen LogP contribution in [0, 0.1) is 5.41 Å². The molecule has 1 aliphatic rings. The number of carbonyl (C=O) groups is 2. The highest BCUT2D eigenvalue weighted by atomic mass is 16.4. The van der Waals surface area contributed by atoms with E-state index < -0.39 is 11.4 Å². The van der Waals surface area contributed by atoms with E-state index in [0.717, 1.165) is 38.5 Å². The summed E-state index contributed by atoms with van der Waals surface area (Å²) in [5.74, 6) is -0.788. The summed E-state index contributed by atoms with van der Waals surface area (Å²) in [6, 6.07) is -0.210. The molecule has 18 heavy (non-hydrogen) atoms. The number of rotatable bonds is 6. The molecule has 0 bridgehead atoms. The molecule has 0 aromatic rings. The van der Waals surface area contributed by atoms with Crippen LogP contribution in [-0.4, -0.2) is 23.0 Å². The smallest absolute Gasteiger partial charge is 0.311 e. The standard InChI is InChI=1S/C14H25NO3/c1-3-4-5-9-12(16)15-11-8-6-7-10-14(11,2)13(17)18/h11H,3-10H2,1-2H3,(H,15,16)(H,17,18). The minimum absolute atomic E-state index is 0.00262.